The van der Waals surface area contributed by atoms with Crippen LogP contribution in [-0.4, -0.2) is 28.0 Å². The monoisotopic (exact) mass is 284 g/mol. The van der Waals surface area contributed by atoms with Crippen molar-refractivity contribution in [3.05, 3.63) is 16.1 Å². The van der Waals surface area contributed by atoms with Crippen LogP contribution in [0.1, 0.15) is 43.8 Å². The van der Waals surface area contributed by atoms with Crippen molar-refractivity contribution in [1.29, 1.82) is 0 Å². The third-order valence-corrected chi connectivity index (χ3v) is 3.65. The Bertz CT molecular complexity index is 431. The summed E-state index contributed by atoms with van der Waals surface area (Å²) in [5.74, 6) is -1.25. The predicted molar refractivity (Wildman–Crippen MR) is 74.3 cm³/mol. The van der Waals surface area contributed by atoms with Crippen molar-refractivity contribution in [2.75, 3.05) is 0 Å². The number of carbonyl (C=O) groups excluding carboxylic acids is 1. The smallest absolute Gasteiger partial charge is 0.326 e. The number of rotatable bonds is 8. The number of nitrogens with zero attached hydrogens (tertiary/aromatic N) is 1. The molecule has 0 bridgehead atoms. The first-order chi connectivity index (χ1) is 9.06. The second kappa shape index (κ2) is 7.89. The number of carboxylic acids is 1. The van der Waals surface area contributed by atoms with E-state index in [0.717, 1.165) is 30.0 Å². The van der Waals surface area contributed by atoms with E-state index < -0.39 is 12.0 Å². The van der Waals surface area contributed by atoms with Gasteiger partial charge >= 0.3 is 5.97 Å². The first-order valence-corrected chi connectivity index (χ1v) is 7.40. The standard InChI is InChI=1S/C13H20N2O3S/c1-3-5-6-10(13(17)18)15-11(16)7-12-14-9(4-2)8-19-12/h8,10H,3-7H2,1-2H3,(H,15,16)(H,17,18)/t10-/m0/s1. The normalized spacial score (nSPS) is 12.1. The van der Waals surface area contributed by atoms with Gasteiger partial charge in [0, 0.05) is 5.38 Å². The van der Waals surface area contributed by atoms with Gasteiger partial charge in [-0.2, -0.15) is 0 Å². The molecule has 1 atom stereocenters. The van der Waals surface area contributed by atoms with Crippen LogP contribution in [0.5, 0.6) is 0 Å². The molecule has 0 fully saturated rings. The summed E-state index contributed by atoms with van der Waals surface area (Å²) >= 11 is 1.44. The SMILES string of the molecule is CCCC[C@H](NC(=O)Cc1nc(CC)cs1)C(=O)O. The summed E-state index contributed by atoms with van der Waals surface area (Å²) in [6, 6.07) is -0.793. The molecule has 106 valence electrons. The highest BCUT2D eigenvalue weighted by Crippen LogP contribution is 2.11. The fourth-order valence-electron chi connectivity index (χ4n) is 1.64. The number of carboxylic acid groups (broad SMARTS) is 1. The van der Waals surface area contributed by atoms with E-state index in [1.54, 1.807) is 0 Å². The second-order valence-electron chi connectivity index (χ2n) is 4.36. The molecule has 2 N–H and O–H groups in total. The van der Waals surface area contributed by atoms with E-state index in [-0.39, 0.29) is 12.3 Å². The summed E-state index contributed by atoms with van der Waals surface area (Å²) in [5, 5.41) is 14.2. The molecule has 0 saturated heterocycles. The molecule has 6 heteroatoms. The average molecular weight is 284 g/mol. The lowest BCUT2D eigenvalue weighted by Gasteiger charge is -2.13. The van der Waals surface area contributed by atoms with Crippen molar-refractivity contribution < 1.29 is 14.7 Å². The van der Waals surface area contributed by atoms with Crippen LogP contribution in [0.4, 0.5) is 0 Å². The number of thiazole rings is 1. The lowest BCUT2D eigenvalue weighted by Crippen LogP contribution is -2.41. The molecular formula is C13H20N2O3S. The third kappa shape index (κ3) is 5.38. The number of aryl methyl sites for hydroxylation is 1. The number of carbonyl (C=O) groups is 2. The van der Waals surface area contributed by atoms with Crippen molar-refractivity contribution >= 4 is 23.2 Å². The molecule has 1 rings (SSSR count). The largest absolute Gasteiger partial charge is 0.480 e. The second-order valence-corrected chi connectivity index (χ2v) is 5.31. The molecule has 19 heavy (non-hydrogen) atoms. The number of hydrogen-bond donors (Lipinski definition) is 2. The Labute approximate surface area is 117 Å². The zero-order valence-electron chi connectivity index (χ0n) is 11.3. The number of nitrogens with one attached hydrogen (secondary N) is 1. The average Bonchev–Trinajstić information content (AvgIpc) is 2.81. The fourth-order valence-corrected chi connectivity index (χ4v) is 2.52. The molecule has 0 aliphatic rings. The Balaban J connectivity index is 2.49. The van der Waals surface area contributed by atoms with Crippen molar-refractivity contribution in [3.63, 3.8) is 0 Å². The van der Waals surface area contributed by atoms with Crippen LogP contribution in [0.2, 0.25) is 0 Å². The summed E-state index contributed by atoms with van der Waals surface area (Å²) in [5.41, 5.74) is 0.966. The Morgan fingerprint density at radius 2 is 2.21 bits per heavy atom. The molecule has 0 aliphatic heterocycles. The molecule has 0 spiro atoms. The predicted octanol–water partition coefficient (Wildman–Crippen LogP) is 2.01. The zero-order valence-corrected chi connectivity index (χ0v) is 12.1. The first kappa shape index (κ1) is 15.6. The van der Waals surface area contributed by atoms with Gasteiger partial charge in [-0.1, -0.05) is 26.7 Å². The molecule has 0 saturated carbocycles. The van der Waals surface area contributed by atoms with E-state index >= 15 is 0 Å². The summed E-state index contributed by atoms with van der Waals surface area (Å²) < 4.78 is 0. The Hall–Kier alpha value is -1.43. The van der Waals surface area contributed by atoms with Gasteiger partial charge < -0.3 is 10.4 Å². The van der Waals surface area contributed by atoms with E-state index in [1.165, 1.54) is 11.3 Å². The summed E-state index contributed by atoms with van der Waals surface area (Å²) in [4.78, 5) is 27.1. The van der Waals surface area contributed by atoms with E-state index in [0.29, 0.717) is 6.42 Å². The molecular weight excluding hydrogens is 264 g/mol. The van der Waals surface area contributed by atoms with E-state index in [1.807, 2.05) is 19.2 Å². The third-order valence-electron chi connectivity index (χ3n) is 2.75. The maximum Gasteiger partial charge on any atom is 0.326 e. The number of hydrogen-bond acceptors (Lipinski definition) is 4. The Morgan fingerprint density at radius 3 is 2.74 bits per heavy atom. The quantitative estimate of drug-likeness (QED) is 0.765. The lowest BCUT2D eigenvalue weighted by molar-refractivity contribution is -0.142. The van der Waals surface area contributed by atoms with Gasteiger partial charge in [-0.25, -0.2) is 9.78 Å². The maximum atomic E-state index is 11.8. The molecule has 1 heterocycles. The summed E-state index contributed by atoms with van der Waals surface area (Å²) in [6.45, 7) is 3.99. The Morgan fingerprint density at radius 1 is 1.47 bits per heavy atom. The van der Waals surface area contributed by atoms with Gasteiger partial charge in [0.2, 0.25) is 5.91 Å². The van der Waals surface area contributed by atoms with Crippen molar-refractivity contribution in [3.8, 4) is 0 Å². The van der Waals surface area contributed by atoms with Gasteiger partial charge in [-0.15, -0.1) is 11.3 Å². The van der Waals surface area contributed by atoms with Gasteiger partial charge in [-0.05, 0) is 12.8 Å². The van der Waals surface area contributed by atoms with E-state index in [4.69, 9.17) is 5.11 Å². The van der Waals surface area contributed by atoms with Gasteiger partial charge in [0.15, 0.2) is 0 Å². The lowest BCUT2D eigenvalue weighted by atomic mass is 10.1. The number of unbranched alkanes of at least 4 members (excludes halogenated alkanes) is 1. The molecule has 0 radical (unpaired) electrons. The zero-order chi connectivity index (χ0) is 14.3. The summed E-state index contributed by atoms with van der Waals surface area (Å²) in [6.07, 6.45) is 3.16. The van der Waals surface area contributed by atoms with Crippen molar-refractivity contribution in [2.45, 2.75) is 52.0 Å². The molecule has 0 aromatic carbocycles. The molecule has 1 aromatic heterocycles. The van der Waals surface area contributed by atoms with Crippen LogP contribution in [0.3, 0.4) is 0 Å². The number of aromatic nitrogens is 1. The van der Waals surface area contributed by atoms with Crippen LogP contribution in [0.25, 0.3) is 0 Å². The van der Waals surface area contributed by atoms with E-state index in [2.05, 4.69) is 10.3 Å². The minimum Gasteiger partial charge on any atom is -0.480 e. The molecule has 0 aliphatic carbocycles. The first-order valence-electron chi connectivity index (χ1n) is 6.52. The Kier molecular flexibility index (Phi) is 6.49. The molecule has 1 amide bonds. The van der Waals surface area contributed by atoms with Crippen LogP contribution >= 0.6 is 11.3 Å². The van der Waals surface area contributed by atoms with Gasteiger partial charge in [0.05, 0.1) is 12.1 Å². The number of amides is 1. The molecule has 1 aromatic rings. The highest BCUT2D eigenvalue weighted by atomic mass is 32.1. The van der Waals surface area contributed by atoms with Gasteiger partial charge in [-0.3, -0.25) is 4.79 Å². The summed E-state index contributed by atoms with van der Waals surface area (Å²) in [7, 11) is 0. The number of aliphatic carboxylic acids is 1. The van der Waals surface area contributed by atoms with E-state index in [9.17, 15) is 9.59 Å². The van der Waals surface area contributed by atoms with Gasteiger partial charge in [0.25, 0.3) is 0 Å². The van der Waals surface area contributed by atoms with Crippen LogP contribution in [-0.2, 0) is 22.4 Å². The van der Waals surface area contributed by atoms with Crippen LogP contribution in [0, 0.1) is 0 Å². The molecule has 5 nitrogen and oxygen atoms in total. The minimum atomic E-state index is -0.977. The minimum absolute atomic E-state index is 0.153. The van der Waals surface area contributed by atoms with Crippen molar-refractivity contribution in [2.24, 2.45) is 0 Å². The topological polar surface area (TPSA) is 79.3 Å². The van der Waals surface area contributed by atoms with Crippen LogP contribution in [0.15, 0.2) is 5.38 Å². The molecule has 0 unspecified atom stereocenters. The van der Waals surface area contributed by atoms with Crippen LogP contribution < -0.4 is 5.32 Å². The van der Waals surface area contributed by atoms with Crippen molar-refractivity contribution in [1.82, 2.24) is 10.3 Å². The van der Waals surface area contributed by atoms with Gasteiger partial charge in [0.1, 0.15) is 11.0 Å². The highest BCUT2D eigenvalue weighted by Gasteiger charge is 2.19. The highest BCUT2D eigenvalue weighted by molar-refractivity contribution is 7.09. The maximum absolute atomic E-state index is 11.8. The fraction of sp³-hybridized carbons (Fsp3) is 0.615.